The van der Waals surface area contributed by atoms with E-state index in [2.05, 4.69) is 0 Å². The summed E-state index contributed by atoms with van der Waals surface area (Å²) in [6.45, 7) is 0.609. The third-order valence-corrected chi connectivity index (χ3v) is 4.33. The van der Waals surface area contributed by atoms with Gasteiger partial charge in [0.05, 0.1) is 27.0 Å². The second kappa shape index (κ2) is 9.14. The molecule has 1 N–H and O–H groups in total. The summed E-state index contributed by atoms with van der Waals surface area (Å²) in [4.78, 5) is 12.0. The van der Waals surface area contributed by atoms with Gasteiger partial charge in [-0.15, -0.1) is 0 Å². The second-order valence-corrected chi connectivity index (χ2v) is 6.19. The van der Waals surface area contributed by atoms with Crippen LogP contribution >= 0.6 is 0 Å². The Labute approximate surface area is 162 Å². The molecule has 1 aromatic heterocycles. The van der Waals surface area contributed by atoms with Gasteiger partial charge in [-0.1, -0.05) is 18.2 Å². The fourth-order valence-electron chi connectivity index (χ4n) is 2.78. The lowest BCUT2D eigenvalue weighted by Gasteiger charge is -2.09. The third kappa shape index (κ3) is 4.75. The third-order valence-electron chi connectivity index (χ3n) is 4.33. The van der Waals surface area contributed by atoms with Crippen molar-refractivity contribution in [1.82, 2.24) is 4.57 Å². The minimum atomic E-state index is -0.422. The maximum absolute atomic E-state index is 12.0. The van der Waals surface area contributed by atoms with Crippen LogP contribution in [0.25, 0.3) is 0 Å². The van der Waals surface area contributed by atoms with E-state index in [1.807, 2.05) is 18.2 Å². The molecule has 148 valence electrons. The summed E-state index contributed by atoms with van der Waals surface area (Å²) >= 11 is 0. The van der Waals surface area contributed by atoms with Crippen molar-refractivity contribution in [2.45, 2.75) is 26.2 Å². The van der Waals surface area contributed by atoms with E-state index in [1.165, 1.54) is 4.57 Å². The van der Waals surface area contributed by atoms with Crippen LogP contribution in [0.1, 0.15) is 16.9 Å². The van der Waals surface area contributed by atoms with Crippen LogP contribution in [0.15, 0.2) is 57.9 Å². The molecule has 0 fully saturated rings. The minimum absolute atomic E-state index is 0.0158. The molecule has 0 radical (unpaired) electrons. The maximum atomic E-state index is 12.0. The van der Waals surface area contributed by atoms with E-state index in [9.17, 15) is 4.79 Å². The van der Waals surface area contributed by atoms with Gasteiger partial charge in [-0.2, -0.15) is 0 Å². The lowest BCUT2D eigenvalue weighted by atomic mass is 10.1. The van der Waals surface area contributed by atoms with Gasteiger partial charge in [0.2, 0.25) is 0 Å². The number of ether oxygens (including phenoxy) is 3. The van der Waals surface area contributed by atoms with Gasteiger partial charge in [0.25, 0.3) is 0 Å². The molecule has 1 heterocycles. The number of aliphatic hydroxyl groups excluding tert-OH is 1. The van der Waals surface area contributed by atoms with E-state index in [0.29, 0.717) is 36.0 Å². The molecule has 3 rings (SSSR count). The number of benzene rings is 2. The Morgan fingerprint density at radius 3 is 2.39 bits per heavy atom. The molecule has 0 unspecified atom stereocenters. The van der Waals surface area contributed by atoms with Gasteiger partial charge in [-0.25, -0.2) is 4.79 Å². The Hall–Kier alpha value is -3.19. The molecule has 0 aliphatic heterocycles. The van der Waals surface area contributed by atoms with Crippen LogP contribution in [-0.4, -0.2) is 23.9 Å². The first kappa shape index (κ1) is 19.6. The number of hydrogen-bond donors (Lipinski definition) is 1. The summed E-state index contributed by atoms with van der Waals surface area (Å²) < 4.78 is 22.9. The molecular weight excluding hydrogens is 362 g/mol. The van der Waals surface area contributed by atoms with Gasteiger partial charge < -0.3 is 23.7 Å². The van der Waals surface area contributed by atoms with Crippen LogP contribution in [0.2, 0.25) is 0 Å². The number of rotatable bonds is 9. The van der Waals surface area contributed by atoms with Crippen molar-refractivity contribution in [2.75, 3.05) is 14.2 Å². The standard InChI is InChI=1S/C21H23NO6/c1-25-19-8-5-15(11-20(19)26-2)9-10-22-12-18(28-21(22)24)14-27-17-6-3-16(13-23)4-7-17/h3-8,11-12,23H,9-10,13-14H2,1-2H3. The predicted molar refractivity (Wildman–Crippen MR) is 103 cm³/mol. The zero-order valence-corrected chi connectivity index (χ0v) is 15.9. The predicted octanol–water partition coefficient (Wildman–Crippen LogP) is 2.77. The van der Waals surface area contributed by atoms with Crippen LogP contribution in [-0.2, 0) is 26.2 Å². The van der Waals surface area contributed by atoms with Crippen LogP contribution in [0.3, 0.4) is 0 Å². The number of aryl methyl sites for hydroxylation is 2. The summed E-state index contributed by atoms with van der Waals surface area (Å²) in [5.41, 5.74) is 1.83. The van der Waals surface area contributed by atoms with E-state index in [0.717, 1.165) is 11.1 Å². The molecule has 0 saturated heterocycles. The summed E-state index contributed by atoms with van der Waals surface area (Å²) in [6.07, 6.45) is 2.30. The Morgan fingerprint density at radius 2 is 1.71 bits per heavy atom. The summed E-state index contributed by atoms with van der Waals surface area (Å²) in [6, 6.07) is 12.7. The number of aliphatic hydroxyl groups is 1. The summed E-state index contributed by atoms with van der Waals surface area (Å²) in [7, 11) is 3.18. The zero-order valence-electron chi connectivity index (χ0n) is 15.9. The van der Waals surface area contributed by atoms with Gasteiger partial charge in [-0.05, 0) is 41.8 Å². The Kier molecular flexibility index (Phi) is 6.39. The van der Waals surface area contributed by atoms with Crippen LogP contribution in [0.5, 0.6) is 17.2 Å². The van der Waals surface area contributed by atoms with Gasteiger partial charge in [0.15, 0.2) is 17.3 Å². The molecule has 0 bridgehead atoms. The fraction of sp³-hybridized carbons (Fsp3) is 0.286. The van der Waals surface area contributed by atoms with Crippen molar-refractivity contribution in [3.05, 3.63) is 76.1 Å². The molecule has 7 heteroatoms. The van der Waals surface area contributed by atoms with Gasteiger partial charge in [0, 0.05) is 6.54 Å². The molecule has 0 aliphatic carbocycles. The second-order valence-electron chi connectivity index (χ2n) is 6.19. The first-order chi connectivity index (χ1) is 13.6. The van der Waals surface area contributed by atoms with Crippen LogP contribution in [0, 0.1) is 0 Å². The molecule has 28 heavy (non-hydrogen) atoms. The number of aromatic nitrogens is 1. The zero-order chi connectivity index (χ0) is 19.9. The fourth-order valence-corrected chi connectivity index (χ4v) is 2.78. The minimum Gasteiger partial charge on any atom is -0.493 e. The number of nitrogens with zero attached hydrogens (tertiary/aromatic N) is 1. The van der Waals surface area contributed by atoms with Gasteiger partial charge >= 0.3 is 5.76 Å². The van der Waals surface area contributed by atoms with Crippen molar-refractivity contribution >= 4 is 0 Å². The van der Waals surface area contributed by atoms with E-state index in [-0.39, 0.29) is 13.2 Å². The van der Waals surface area contributed by atoms with Crippen molar-refractivity contribution in [1.29, 1.82) is 0 Å². The smallest absolute Gasteiger partial charge is 0.419 e. The van der Waals surface area contributed by atoms with E-state index < -0.39 is 5.76 Å². The van der Waals surface area contributed by atoms with Gasteiger partial charge in [-0.3, -0.25) is 4.57 Å². The highest BCUT2D eigenvalue weighted by Gasteiger charge is 2.09. The number of hydrogen-bond acceptors (Lipinski definition) is 6. The van der Waals surface area contributed by atoms with E-state index in [4.69, 9.17) is 23.7 Å². The Balaban J connectivity index is 1.60. The van der Waals surface area contributed by atoms with Gasteiger partial charge in [0.1, 0.15) is 12.4 Å². The number of oxazole rings is 1. The maximum Gasteiger partial charge on any atom is 0.419 e. The first-order valence-electron chi connectivity index (χ1n) is 8.85. The molecule has 0 saturated carbocycles. The summed E-state index contributed by atoms with van der Waals surface area (Å²) in [5, 5.41) is 9.05. The molecule has 0 atom stereocenters. The van der Waals surface area contributed by atoms with Crippen molar-refractivity contribution in [3.63, 3.8) is 0 Å². The highest BCUT2D eigenvalue weighted by Crippen LogP contribution is 2.27. The lowest BCUT2D eigenvalue weighted by Crippen LogP contribution is -2.14. The molecular formula is C21H23NO6. The molecule has 0 spiro atoms. The SMILES string of the molecule is COc1ccc(CCn2cc(COc3ccc(CO)cc3)oc2=O)cc1OC. The molecule has 0 amide bonds. The lowest BCUT2D eigenvalue weighted by molar-refractivity contribution is 0.264. The molecule has 2 aromatic carbocycles. The number of methoxy groups -OCH3 is 2. The first-order valence-corrected chi connectivity index (χ1v) is 8.85. The Bertz CT molecular complexity index is 958. The molecule has 3 aromatic rings. The average Bonchev–Trinajstić information content (AvgIpc) is 3.10. The van der Waals surface area contributed by atoms with Crippen molar-refractivity contribution in [3.8, 4) is 17.2 Å². The molecule has 7 nitrogen and oxygen atoms in total. The monoisotopic (exact) mass is 385 g/mol. The van der Waals surface area contributed by atoms with E-state index in [1.54, 1.807) is 44.7 Å². The van der Waals surface area contributed by atoms with Crippen LogP contribution in [0.4, 0.5) is 0 Å². The van der Waals surface area contributed by atoms with Crippen molar-refractivity contribution < 1.29 is 23.7 Å². The summed E-state index contributed by atoms with van der Waals surface area (Å²) in [5.74, 6) is 1.98. The van der Waals surface area contributed by atoms with Crippen LogP contribution < -0.4 is 20.0 Å². The highest BCUT2D eigenvalue weighted by molar-refractivity contribution is 5.42. The largest absolute Gasteiger partial charge is 0.493 e. The molecule has 0 aliphatic rings. The average molecular weight is 385 g/mol. The quantitative estimate of drug-likeness (QED) is 0.610. The topological polar surface area (TPSA) is 83.1 Å². The van der Waals surface area contributed by atoms with Crippen molar-refractivity contribution in [2.24, 2.45) is 0 Å². The van der Waals surface area contributed by atoms with E-state index >= 15 is 0 Å². The normalized spacial score (nSPS) is 10.7. The highest BCUT2D eigenvalue weighted by atomic mass is 16.5. The Morgan fingerprint density at radius 1 is 1.00 bits per heavy atom.